The highest BCUT2D eigenvalue weighted by molar-refractivity contribution is 5.88. The summed E-state index contributed by atoms with van der Waals surface area (Å²) >= 11 is 0. The van der Waals surface area contributed by atoms with Gasteiger partial charge in [-0.1, -0.05) is 0 Å². The Morgan fingerprint density at radius 3 is 3.00 bits per heavy atom. The van der Waals surface area contributed by atoms with Crippen molar-refractivity contribution >= 4 is 5.91 Å². The number of rotatable bonds is 3. The molecule has 0 aromatic heterocycles. The summed E-state index contributed by atoms with van der Waals surface area (Å²) in [6.07, 6.45) is 1.73. The number of hydrogen-bond donors (Lipinski definition) is 2. The van der Waals surface area contributed by atoms with E-state index in [9.17, 15) is 4.79 Å². The zero-order valence-electron chi connectivity index (χ0n) is 9.16. The lowest BCUT2D eigenvalue weighted by Gasteiger charge is -2.30. The van der Waals surface area contributed by atoms with Crippen molar-refractivity contribution in [1.82, 2.24) is 10.2 Å². The van der Waals surface area contributed by atoms with E-state index in [0.29, 0.717) is 6.54 Å². The van der Waals surface area contributed by atoms with Gasteiger partial charge in [0.25, 0.3) is 0 Å². The second kappa shape index (κ2) is 4.08. The summed E-state index contributed by atoms with van der Waals surface area (Å²) in [6.45, 7) is 3.15. The minimum absolute atomic E-state index is 0.0284. The average Bonchev–Trinajstić information content (AvgIpc) is 2.94. The molecule has 2 rings (SSSR count). The van der Waals surface area contributed by atoms with E-state index >= 15 is 0 Å². The molecule has 86 valence electrons. The molecule has 2 aliphatic rings. The van der Waals surface area contributed by atoms with Gasteiger partial charge in [-0.2, -0.15) is 0 Å². The minimum Gasteiger partial charge on any atom is -0.374 e. The van der Waals surface area contributed by atoms with Crippen molar-refractivity contribution < 1.29 is 9.53 Å². The lowest BCUT2D eigenvalue weighted by molar-refractivity contribution is -0.124. The lowest BCUT2D eigenvalue weighted by Crippen LogP contribution is -2.49. The third kappa shape index (κ3) is 2.68. The smallest absolute Gasteiger partial charge is 0.240 e. The zero-order chi connectivity index (χ0) is 10.9. The van der Waals surface area contributed by atoms with E-state index in [-0.39, 0.29) is 12.0 Å². The number of carbonyl (C=O) groups is 1. The van der Waals surface area contributed by atoms with Gasteiger partial charge >= 0.3 is 0 Å². The summed E-state index contributed by atoms with van der Waals surface area (Å²) in [5.41, 5.74) is 5.20. The number of morpholine rings is 1. The minimum atomic E-state index is -0.569. The maximum absolute atomic E-state index is 11.5. The maximum atomic E-state index is 11.5. The van der Waals surface area contributed by atoms with Crippen LogP contribution < -0.4 is 11.1 Å². The van der Waals surface area contributed by atoms with E-state index < -0.39 is 5.54 Å². The SMILES string of the molecule is CN1CCOC(CNC(=O)C2(N)CC2)C1. The largest absolute Gasteiger partial charge is 0.374 e. The number of likely N-dealkylation sites (N-methyl/N-ethyl adjacent to an activating group) is 1. The molecule has 0 radical (unpaired) electrons. The van der Waals surface area contributed by atoms with Gasteiger partial charge in [-0.15, -0.1) is 0 Å². The van der Waals surface area contributed by atoms with Crippen LogP contribution in [0.4, 0.5) is 0 Å². The van der Waals surface area contributed by atoms with Crippen LogP contribution >= 0.6 is 0 Å². The lowest BCUT2D eigenvalue weighted by atomic mass is 10.2. The Balaban J connectivity index is 1.71. The van der Waals surface area contributed by atoms with E-state index in [0.717, 1.165) is 32.5 Å². The predicted molar refractivity (Wildman–Crippen MR) is 56.4 cm³/mol. The Kier molecular flexibility index (Phi) is 2.95. The summed E-state index contributed by atoms with van der Waals surface area (Å²) < 4.78 is 5.53. The molecule has 0 aromatic carbocycles. The van der Waals surface area contributed by atoms with Gasteiger partial charge in [-0.25, -0.2) is 0 Å². The Labute approximate surface area is 89.9 Å². The van der Waals surface area contributed by atoms with Crippen LogP contribution in [0.15, 0.2) is 0 Å². The second-order valence-corrected chi connectivity index (χ2v) is 4.62. The average molecular weight is 213 g/mol. The van der Waals surface area contributed by atoms with Crippen LogP contribution in [0, 0.1) is 0 Å². The van der Waals surface area contributed by atoms with Gasteiger partial charge in [0.2, 0.25) is 5.91 Å². The molecule has 1 amide bonds. The standard InChI is InChI=1S/C10H19N3O2/c1-13-4-5-15-8(7-13)6-12-9(14)10(11)2-3-10/h8H,2-7,11H2,1H3,(H,12,14). The molecule has 15 heavy (non-hydrogen) atoms. The van der Waals surface area contributed by atoms with Crippen LogP contribution in [0.3, 0.4) is 0 Å². The van der Waals surface area contributed by atoms with Crippen LogP contribution in [0.2, 0.25) is 0 Å². The Morgan fingerprint density at radius 2 is 2.40 bits per heavy atom. The molecule has 1 unspecified atom stereocenters. The highest BCUT2D eigenvalue weighted by Crippen LogP contribution is 2.31. The van der Waals surface area contributed by atoms with Gasteiger partial charge in [0.15, 0.2) is 0 Å². The van der Waals surface area contributed by atoms with Gasteiger partial charge < -0.3 is 20.7 Å². The number of nitrogens with one attached hydrogen (secondary N) is 1. The van der Waals surface area contributed by atoms with Crippen LogP contribution in [0.25, 0.3) is 0 Å². The summed E-state index contributed by atoms with van der Waals surface area (Å²) in [5.74, 6) is -0.0284. The van der Waals surface area contributed by atoms with Crippen molar-refractivity contribution in [2.24, 2.45) is 5.73 Å². The van der Waals surface area contributed by atoms with E-state index in [1.54, 1.807) is 0 Å². The quantitative estimate of drug-likeness (QED) is 0.626. The van der Waals surface area contributed by atoms with Gasteiger partial charge in [0.1, 0.15) is 0 Å². The van der Waals surface area contributed by atoms with E-state index in [1.807, 2.05) is 0 Å². The summed E-state index contributed by atoms with van der Waals surface area (Å²) in [6, 6.07) is 0. The molecule has 0 aromatic rings. The van der Waals surface area contributed by atoms with Gasteiger partial charge in [-0.05, 0) is 19.9 Å². The first-order valence-corrected chi connectivity index (χ1v) is 5.47. The van der Waals surface area contributed by atoms with Crippen molar-refractivity contribution in [3.8, 4) is 0 Å². The molecule has 1 atom stereocenters. The first kappa shape index (κ1) is 10.9. The van der Waals surface area contributed by atoms with Crippen LogP contribution in [0.5, 0.6) is 0 Å². The van der Waals surface area contributed by atoms with Crippen molar-refractivity contribution in [1.29, 1.82) is 0 Å². The molecular weight excluding hydrogens is 194 g/mol. The fraction of sp³-hybridized carbons (Fsp3) is 0.900. The van der Waals surface area contributed by atoms with Crippen LogP contribution in [-0.4, -0.2) is 55.7 Å². The maximum Gasteiger partial charge on any atom is 0.240 e. The summed E-state index contributed by atoms with van der Waals surface area (Å²) in [5, 5.41) is 2.86. The number of ether oxygens (including phenoxy) is 1. The molecule has 1 aliphatic carbocycles. The zero-order valence-corrected chi connectivity index (χ0v) is 9.16. The molecule has 3 N–H and O–H groups in total. The number of carbonyl (C=O) groups excluding carboxylic acids is 1. The number of nitrogens with two attached hydrogens (primary N) is 1. The molecule has 2 fully saturated rings. The third-order valence-corrected chi connectivity index (χ3v) is 3.07. The Bertz CT molecular complexity index is 253. The molecule has 0 bridgehead atoms. The van der Waals surface area contributed by atoms with E-state index in [2.05, 4.69) is 17.3 Å². The van der Waals surface area contributed by atoms with E-state index in [4.69, 9.17) is 10.5 Å². The summed E-state index contributed by atoms with van der Waals surface area (Å²) in [7, 11) is 2.06. The van der Waals surface area contributed by atoms with Gasteiger partial charge in [-0.3, -0.25) is 4.79 Å². The van der Waals surface area contributed by atoms with Gasteiger partial charge in [0, 0.05) is 19.6 Å². The second-order valence-electron chi connectivity index (χ2n) is 4.62. The molecule has 5 heteroatoms. The molecule has 1 aliphatic heterocycles. The molecule has 5 nitrogen and oxygen atoms in total. The molecule has 1 saturated carbocycles. The van der Waals surface area contributed by atoms with E-state index in [1.165, 1.54) is 0 Å². The molecule has 1 saturated heterocycles. The monoisotopic (exact) mass is 213 g/mol. The first-order valence-electron chi connectivity index (χ1n) is 5.47. The van der Waals surface area contributed by atoms with Gasteiger partial charge in [0.05, 0.1) is 18.2 Å². The Morgan fingerprint density at radius 1 is 1.67 bits per heavy atom. The third-order valence-electron chi connectivity index (χ3n) is 3.07. The topological polar surface area (TPSA) is 67.6 Å². The molecule has 0 spiro atoms. The first-order chi connectivity index (χ1) is 7.10. The predicted octanol–water partition coefficient (Wildman–Crippen LogP) is -1.08. The highest BCUT2D eigenvalue weighted by atomic mass is 16.5. The summed E-state index contributed by atoms with van der Waals surface area (Å²) in [4.78, 5) is 13.8. The number of amides is 1. The van der Waals surface area contributed by atoms with Crippen molar-refractivity contribution in [3.63, 3.8) is 0 Å². The normalized spacial score (nSPS) is 29.9. The highest BCUT2D eigenvalue weighted by Gasteiger charge is 2.45. The van der Waals surface area contributed by atoms with Crippen molar-refractivity contribution in [3.05, 3.63) is 0 Å². The van der Waals surface area contributed by atoms with Crippen LogP contribution in [0.1, 0.15) is 12.8 Å². The van der Waals surface area contributed by atoms with Crippen LogP contribution in [-0.2, 0) is 9.53 Å². The number of hydrogen-bond acceptors (Lipinski definition) is 4. The Hall–Kier alpha value is -0.650. The fourth-order valence-corrected chi connectivity index (χ4v) is 1.73. The van der Waals surface area contributed by atoms with Crippen molar-refractivity contribution in [2.75, 3.05) is 33.3 Å². The number of nitrogens with zero attached hydrogens (tertiary/aromatic N) is 1. The fourth-order valence-electron chi connectivity index (χ4n) is 1.73. The van der Waals surface area contributed by atoms with Crippen molar-refractivity contribution in [2.45, 2.75) is 24.5 Å². The molecule has 1 heterocycles. The molecular formula is C10H19N3O2.